The Morgan fingerprint density at radius 2 is 2.60 bits per heavy atom. The number of hydrogen-bond donors (Lipinski definition) is 1. The first-order chi connectivity index (χ1) is 4.88. The largest absolute Gasteiger partial charge is 0.382 e. The Kier molecular flexibility index (Phi) is 1.26. The zero-order valence-corrected chi connectivity index (χ0v) is 6.22. The van der Waals surface area contributed by atoms with Crippen molar-refractivity contribution in [2.45, 2.75) is 19.8 Å². The average molecular weight is 136 g/mol. The van der Waals surface area contributed by atoms with Gasteiger partial charge in [0.1, 0.15) is 0 Å². The van der Waals surface area contributed by atoms with Crippen LogP contribution in [0.4, 0.5) is 0 Å². The van der Waals surface area contributed by atoms with Crippen LogP contribution in [0.2, 0.25) is 0 Å². The summed E-state index contributed by atoms with van der Waals surface area (Å²) < 4.78 is 0. The minimum atomic E-state index is 0.680. The molecule has 0 aromatic rings. The van der Waals surface area contributed by atoms with Crippen LogP contribution in [-0.2, 0) is 0 Å². The number of aliphatic imine (C=N–C) groups is 1. The highest BCUT2D eigenvalue weighted by Crippen LogP contribution is 2.31. The summed E-state index contributed by atoms with van der Waals surface area (Å²) in [7, 11) is 0. The summed E-state index contributed by atoms with van der Waals surface area (Å²) in [5.41, 5.74) is 2.68. The van der Waals surface area contributed by atoms with Crippen LogP contribution in [0.1, 0.15) is 19.8 Å². The van der Waals surface area contributed by atoms with E-state index >= 15 is 0 Å². The fourth-order valence-electron chi connectivity index (χ4n) is 1.62. The van der Waals surface area contributed by atoms with Gasteiger partial charge in [0.15, 0.2) is 0 Å². The molecule has 0 aromatic carbocycles. The molecule has 2 rings (SSSR count). The van der Waals surface area contributed by atoms with Crippen molar-refractivity contribution in [3.05, 3.63) is 11.4 Å². The number of rotatable bonds is 0. The van der Waals surface area contributed by atoms with Crippen LogP contribution in [0, 0.1) is 5.92 Å². The SMILES string of the molecule is C[C@H]1CCC2=C1N=CCN2. The molecule has 0 saturated carbocycles. The molecule has 2 heteroatoms. The third kappa shape index (κ3) is 0.753. The van der Waals surface area contributed by atoms with Crippen molar-refractivity contribution in [1.29, 1.82) is 0 Å². The second-order valence-electron chi connectivity index (χ2n) is 3.00. The minimum absolute atomic E-state index is 0.680. The maximum atomic E-state index is 4.36. The normalized spacial score (nSPS) is 30.3. The predicted molar refractivity (Wildman–Crippen MR) is 41.9 cm³/mol. The summed E-state index contributed by atoms with van der Waals surface area (Å²) in [6, 6.07) is 0. The molecule has 10 heavy (non-hydrogen) atoms. The van der Waals surface area contributed by atoms with Crippen molar-refractivity contribution >= 4 is 6.21 Å². The summed E-state index contributed by atoms with van der Waals surface area (Å²) in [5.74, 6) is 0.680. The molecule has 1 N–H and O–H groups in total. The van der Waals surface area contributed by atoms with Crippen LogP contribution < -0.4 is 5.32 Å². The van der Waals surface area contributed by atoms with Gasteiger partial charge in [0.25, 0.3) is 0 Å². The summed E-state index contributed by atoms with van der Waals surface area (Å²) in [5, 5.41) is 3.34. The van der Waals surface area contributed by atoms with Gasteiger partial charge < -0.3 is 5.32 Å². The third-order valence-electron chi connectivity index (χ3n) is 2.24. The van der Waals surface area contributed by atoms with Gasteiger partial charge in [0.05, 0.1) is 12.2 Å². The summed E-state index contributed by atoms with van der Waals surface area (Å²) >= 11 is 0. The molecular weight excluding hydrogens is 124 g/mol. The predicted octanol–water partition coefficient (Wildman–Crippen LogP) is 1.30. The van der Waals surface area contributed by atoms with Crippen molar-refractivity contribution in [3.63, 3.8) is 0 Å². The number of allylic oxidation sites excluding steroid dienone is 2. The lowest BCUT2D eigenvalue weighted by Crippen LogP contribution is -2.19. The smallest absolute Gasteiger partial charge is 0.0617 e. The Balaban J connectivity index is 2.30. The van der Waals surface area contributed by atoms with Gasteiger partial charge in [-0.25, -0.2) is 0 Å². The topological polar surface area (TPSA) is 24.4 Å². The zero-order chi connectivity index (χ0) is 6.97. The van der Waals surface area contributed by atoms with Crippen LogP contribution in [0.25, 0.3) is 0 Å². The second kappa shape index (κ2) is 2.11. The van der Waals surface area contributed by atoms with E-state index in [1.807, 2.05) is 6.21 Å². The Bertz CT molecular complexity index is 203. The van der Waals surface area contributed by atoms with Gasteiger partial charge in [0, 0.05) is 17.8 Å². The van der Waals surface area contributed by atoms with Gasteiger partial charge in [-0.05, 0) is 12.8 Å². The van der Waals surface area contributed by atoms with Gasteiger partial charge in [-0.2, -0.15) is 0 Å². The lowest BCUT2D eigenvalue weighted by molar-refractivity contribution is 0.664. The third-order valence-corrected chi connectivity index (χ3v) is 2.24. The Morgan fingerprint density at radius 1 is 1.70 bits per heavy atom. The number of hydrogen-bond acceptors (Lipinski definition) is 2. The van der Waals surface area contributed by atoms with Crippen molar-refractivity contribution in [3.8, 4) is 0 Å². The molecule has 1 heterocycles. The van der Waals surface area contributed by atoms with Gasteiger partial charge in [0.2, 0.25) is 0 Å². The molecular formula is C8H12N2. The Labute approximate surface area is 61.0 Å². The molecule has 1 aliphatic heterocycles. The van der Waals surface area contributed by atoms with Crippen molar-refractivity contribution < 1.29 is 0 Å². The highest BCUT2D eigenvalue weighted by Gasteiger charge is 2.22. The maximum Gasteiger partial charge on any atom is 0.0617 e. The first-order valence-corrected chi connectivity index (χ1v) is 3.87. The molecule has 1 atom stereocenters. The standard InChI is InChI=1S/C8H12N2/c1-6-2-3-7-8(6)10-5-4-9-7/h5-6,9H,2-4H2,1H3/t6-/m0/s1. The molecule has 0 spiro atoms. The highest BCUT2D eigenvalue weighted by molar-refractivity contribution is 5.64. The van der Waals surface area contributed by atoms with E-state index in [4.69, 9.17) is 0 Å². The molecule has 0 amide bonds. The van der Waals surface area contributed by atoms with Crippen molar-refractivity contribution in [2.24, 2.45) is 10.9 Å². The van der Waals surface area contributed by atoms with E-state index in [-0.39, 0.29) is 0 Å². The molecule has 0 unspecified atom stereocenters. The van der Waals surface area contributed by atoms with E-state index in [0.29, 0.717) is 5.92 Å². The molecule has 0 saturated heterocycles. The number of nitrogens with one attached hydrogen (secondary N) is 1. The molecule has 0 bridgehead atoms. The first-order valence-electron chi connectivity index (χ1n) is 3.87. The van der Waals surface area contributed by atoms with Crippen molar-refractivity contribution in [2.75, 3.05) is 6.54 Å². The molecule has 0 fully saturated rings. The van der Waals surface area contributed by atoms with E-state index in [9.17, 15) is 0 Å². The van der Waals surface area contributed by atoms with Crippen LogP contribution in [0.15, 0.2) is 16.4 Å². The van der Waals surface area contributed by atoms with Crippen LogP contribution in [-0.4, -0.2) is 12.8 Å². The molecule has 54 valence electrons. The number of nitrogens with zero attached hydrogens (tertiary/aromatic N) is 1. The fraction of sp³-hybridized carbons (Fsp3) is 0.625. The summed E-state index contributed by atoms with van der Waals surface area (Å²) in [6.07, 6.45) is 4.43. The van der Waals surface area contributed by atoms with Crippen LogP contribution >= 0.6 is 0 Å². The lowest BCUT2D eigenvalue weighted by Gasteiger charge is -2.11. The minimum Gasteiger partial charge on any atom is -0.382 e. The van der Waals surface area contributed by atoms with Gasteiger partial charge in [-0.1, -0.05) is 6.92 Å². The van der Waals surface area contributed by atoms with E-state index in [1.165, 1.54) is 24.2 Å². The van der Waals surface area contributed by atoms with E-state index in [0.717, 1.165) is 6.54 Å². The molecule has 1 aliphatic carbocycles. The summed E-state index contributed by atoms with van der Waals surface area (Å²) in [6.45, 7) is 3.16. The van der Waals surface area contributed by atoms with Gasteiger partial charge in [-0.15, -0.1) is 0 Å². The van der Waals surface area contributed by atoms with Crippen LogP contribution in [0.3, 0.4) is 0 Å². The van der Waals surface area contributed by atoms with Crippen LogP contribution in [0.5, 0.6) is 0 Å². The lowest BCUT2D eigenvalue weighted by atomic mass is 10.1. The second-order valence-corrected chi connectivity index (χ2v) is 3.00. The molecule has 2 nitrogen and oxygen atoms in total. The molecule has 2 aliphatic rings. The summed E-state index contributed by atoms with van der Waals surface area (Å²) in [4.78, 5) is 4.36. The molecule has 0 aromatic heterocycles. The first kappa shape index (κ1) is 5.96. The van der Waals surface area contributed by atoms with E-state index in [2.05, 4.69) is 17.2 Å². The quantitative estimate of drug-likeness (QED) is 0.533. The highest BCUT2D eigenvalue weighted by atomic mass is 15.0. The van der Waals surface area contributed by atoms with E-state index in [1.54, 1.807) is 0 Å². The average Bonchev–Trinajstić information content (AvgIpc) is 2.34. The monoisotopic (exact) mass is 136 g/mol. The fourth-order valence-corrected chi connectivity index (χ4v) is 1.62. The van der Waals surface area contributed by atoms with Gasteiger partial charge >= 0.3 is 0 Å². The Morgan fingerprint density at radius 3 is 3.40 bits per heavy atom. The molecule has 0 radical (unpaired) electrons. The van der Waals surface area contributed by atoms with E-state index < -0.39 is 0 Å². The van der Waals surface area contributed by atoms with Crippen molar-refractivity contribution in [1.82, 2.24) is 5.32 Å². The Hall–Kier alpha value is -0.790. The zero-order valence-electron chi connectivity index (χ0n) is 6.22. The maximum absolute atomic E-state index is 4.36. The van der Waals surface area contributed by atoms with Gasteiger partial charge in [-0.3, -0.25) is 4.99 Å².